The molecule has 1 aromatic heterocycles. The van der Waals surface area contributed by atoms with Crippen molar-refractivity contribution in [2.24, 2.45) is 5.16 Å². The van der Waals surface area contributed by atoms with Crippen molar-refractivity contribution in [2.75, 3.05) is 0 Å². The molecule has 1 rings (SSSR count). The summed E-state index contributed by atoms with van der Waals surface area (Å²) in [6, 6.07) is 3.50. The van der Waals surface area contributed by atoms with E-state index in [0.29, 0.717) is 0 Å². The molecule has 0 amide bonds. The monoisotopic (exact) mass is 590 g/mol. The fraction of sp³-hybridized carbons (Fsp3) is 0.250. The van der Waals surface area contributed by atoms with Crippen molar-refractivity contribution in [1.82, 2.24) is 4.98 Å². The quantitative estimate of drug-likeness (QED) is 0.174. The van der Waals surface area contributed by atoms with Crippen molar-refractivity contribution >= 4 is 17.8 Å². The number of oxime groups is 1. The number of carbonyl (C=O) groups excluding carboxylic acids is 2. The first-order valence-electron chi connectivity index (χ1n) is 6.48. The van der Waals surface area contributed by atoms with Gasteiger partial charge in [0.1, 0.15) is 0 Å². The maximum atomic E-state index is 9.98. The van der Waals surface area contributed by atoms with Gasteiger partial charge >= 0.3 is 0 Å². The first-order chi connectivity index (χ1) is 10.7. The van der Waals surface area contributed by atoms with Crippen LogP contribution >= 0.6 is 0 Å². The largest absolute Gasteiger partial charge is 2.00 e. The molecule has 9 nitrogen and oxygen atoms in total. The predicted molar refractivity (Wildman–Crippen MR) is 83.9 cm³/mol. The van der Waals surface area contributed by atoms with Gasteiger partial charge in [-0.25, -0.2) is 0 Å². The molecule has 0 spiro atoms. The summed E-state index contributed by atoms with van der Waals surface area (Å²) in [5.41, 5.74) is 0.840. The summed E-state index contributed by atoms with van der Waals surface area (Å²) in [6.07, 6.45) is 6.73. The van der Waals surface area contributed by atoms with E-state index in [2.05, 4.69) is 10.1 Å². The molecule has 146 valence electrons. The van der Waals surface area contributed by atoms with Crippen molar-refractivity contribution in [2.45, 2.75) is 27.7 Å². The van der Waals surface area contributed by atoms with E-state index in [0.717, 1.165) is 17.7 Å². The van der Waals surface area contributed by atoms with Gasteiger partial charge in [-0.3, -0.25) is 14.6 Å². The van der Waals surface area contributed by atoms with Crippen LogP contribution in [-0.4, -0.2) is 28.0 Å². The van der Waals surface area contributed by atoms with Gasteiger partial charge in [-0.15, -0.1) is 11.5 Å². The van der Waals surface area contributed by atoms with Crippen molar-refractivity contribution < 1.29 is 67.1 Å². The SMILES string of the molecule is CC(=O)/C=C(/C)[O-].CC(=O)/C=C(/C)[O-].O/N=C/c1ccncc1.[O-2].[O-2].[U]. The van der Waals surface area contributed by atoms with Crippen LogP contribution in [0.1, 0.15) is 33.3 Å². The Morgan fingerprint density at radius 1 is 0.962 bits per heavy atom. The molecule has 0 atom stereocenters. The Morgan fingerprint density at radius 3 is 1.50 bits per heavy atom. The molecule has 26 heavy (non-hydrogen) atoms. The van der Waals surface area contributed by atoms with Crippen LogP contribution in [0.25, 0.3) is 0 Å². The molecule has 0 fully saturated rings. The third-order valence-electron chi connectivity index (χ3n) is 1.73. The first-order valence-corrected chi connectivity index (χ1v) is 6.48. The van der Waals surface area contributed by atoms with E-state index in [-0.39, 0.29) is 65.2 Å². The van der Waals surface area contributed by atoms with Crippen LogP contribution in [0.5, 0.6) is 0 Å². The van der Waals surface area contributed by atoms with Crippen molar-refractivity contribution in [3.05, 3.63) is 53.8 Å². The van der Waals surface area contributed by atoms with E-state index in [1.807, 2.05) is 0 Å². The standard InChI is InChI=1S/C6H6N2O.2C5H8O2.2O.U/c9-8-5-6-1-3-7-4-2-6;2*1-4(6)3-5(2)7;;;/h1-5,9H;2*3,6H,1-2H3;;;/q;;;2*-2;/p-2/b8-5+;2*4-3-;;;. The van der Waals surface area contributed by atoms with Crippen LogP contribution in [0.3, 0.4) is 0 Å². The molecule has 1 heterocycles. The Hall–Kier alpha value is -1.99. The number of rotatable bonds is 3. The van der Waals surface area contributed by atoms with Crippen LogP contribution in [0, 0.1) is 31.1 Å². The maximum Gasteiger partial charge on any atom is 0.151 e. The topological polar surface area (TPSA) is 183 Å². The summed E-state index contributed by atoms with van der Waals surface area (Å²) in [7, 11) is 0. The minimum Gasteiger partial charge on any atom is -2.00 e. The Morgan fingerprint density at radius 2 is 1.31 bits per heavy atom. The van der Waals surface area contributed by atoms with E-state index in [4.69, 9.17) is 5.21 Å². The number of ketones is 2. The molecule has 0 saturated heterocycles. The average molecular weight is 590 g/mol. The predicted octanol–water partition coefficient (Wildman–Crippen LogP) is 0.331. The second kappa shape index (κ2) is 23.0. The number of carbonyl (C=O) groups is 2. The van der Waals surface area contributed by atoms with Gasteiger partial charge in [0.15, 0.2) is 11.6 Å². The van der Waals surface area contributed by atoms with E-state index in [1.54, 1.807) is 24.5 Å². The second-order valence-corrected chi connectivity index (χ2v) is 4.26. The molecule has 0 aliphatic heterocycles. The molecule has 0 aromatic carbocycles. The van der Waals surface area contributed by atoms with E-state index in [9.17, 15) is 19.8 Å². The molecular weight excluding hydrogens is 570 g/mol. The van der Waals surface area contributed by atoms with Crippen molar-refractivity contribution in [1.29, 1.82) is 0 Å². The van der Waals surface area contributed by atoms with Gasteiger partial charge in [-0.05, 0) is 43.7 Å². The van der Waals surface area contributed by atoms with E-state index in [1.165, 1.54) is 33.9 Å². The molecule has 0 saturated carbocycles. The Kier molecular flexibility index (Phi) is 31.1. The zero-order valence-corrected chi connectivity index (χ0v) is 19.0. The van der Waals surface area contributed by atoms with Gasteiger partial charge in [0.25, 0.3) is 0 Å². The number of aromatic nitrogens is 1. The number of nitrogens with zero attached hydrogens (tertiary/aromatic N) is 2. The molecule has 1 aromatic rings. The number of allylic oxidation sites excluding steroid dienone is 4. The molecule has 0 bridgehead atoms. The molecular formula is C16H20N2O7U-6. The number of hydrogen-bond acceptors (Lipinski definition) is 7. The molecule has 0 aliphatic carbocycles. The summed E-state index contributed by atoms with van der Waals surface area (Å²) in [4.78, 5) is 23.7. The zero-order chi connectivity index (χ0) is 18.3. The van der Waals surface area contributed by atoms with Gasteiger partial charge in [-0.2, -0.15) is 0 Å². The third-order valence-corrected chi connectivity index (χ3v) is 1.73. The van der Waals surface area contributed by atoms with E-state index < -0.39 is 0 Å². The fourth-order valence-electron chi connectivity index (χ4n) is 1.09. The molecule has 0 radical (unpaired) electrons. The van der Waals surface area contributed by atoms with Crippen LogP contribution in [-0.2, 0) is 20.5 Å². The minimum atomic E-state index is -0.187. The van der Waals surface area contributed by atoms with E-state index >= 15 is 0 Å². The molecule has 0 aliphatic rings. The fourth-order valence-corrected chi connectivity index (χ4v) is 1.09. The Balaban J connectivity index is -0.0000000813. The summed E-state index contributed by atoms with van der Waals surface area (Å²) in [6.45, 7) is 5.39. The molecule has 1 N–H and O–H groups in total. The van der Waals surface area contributed by atoms with Crippen molar-refractivity contribution in [3.8, 4) is 0 Å². The van der Waals surface area contributed by atoms with Crippen LogP contribution < -0.4 is 10.2 Å². The summed E-state index contributed by atoms with van der Waals surface area (Å²) < 4.78 is 0. The van der Waals surface area contributed by atoms with Gasteiger partial charge in [0.2, 0.25) is 0 Å². The molecule has 10 heteroatoms. The average Bonchev–Trinajstić information content (AvgIpc) is 2.38. The van der Waals surface area contributed by atoms with Crippen LogP contribution in [0.2, 0.25) is 0 Å². The normalized spacial score (nSPS) is 9.69. The second-order valence-electron chi connectivity index (χ2n) is 4.26. The molecule has 0 unspecified atom stereocenters. The smallest absolute Gasteiger partial charge is 0.151 e. The van der Waals surface area contributed by atoms with Crippen molar-refractivity contribution in [3.63, 3.8) is 0 Å². The number of hydrogen-bond donors (Lipinski definition) is 1. The minimum absolute atomic E-state index is 0. The van der Waals surface area contributed by atoms with Gasteiger partial charge in [0, 0.05) is 43.5 Å². The Labute approximate surface area is 176 Å². The summed E-state index contributed by atoms with van der Waals surface area (Å²) in [5.74, 6) is -0.750. The Bertz CT molecular complexity index is 537. The van der Waals surface area contributed by atoms with Crippen LogP contribution in [0.4, 0.5) is 0 Å². The maximum absolute atomic E-state index is 9.98. The van der Waals surface area contributed by atoms with Gasteiger partial charge < -0.3 is 26.4 Å². The summed E-state index contributed by atoms with van der Waals surface area (Å²) >= 11 is 0. The van der Waals surface area contributed by atoms with Gasteiger partial charge in [0.05, 0.1) is 6.21 Å². The van der Waals surface area contributed by atoms with Crippen LogP contribution in [0.15, 0.2) is 53.4 Å². The number of pyridine rings is 1. The first kappa shape index (κ1) is 35.2. The van der Waals surface area contributed by atoms with Gasteiger partial charge in [-0.1, -0.05) is 19.0 Å². The zero-order valence-electron chi connectivity index (χ0n) is 14.8. The summed E-state index contributed by atoms with van der Waals surface area (Å²) in [5, 5.41) is 30.9. The third kappa shape index (κ3) is 33.6.